The van der Waals surface area contributed by atoms with E-state index in [4.69, 9.17) is 18.9 Å². The van der Waals surface area contributed by atoms with Crippen LogP contribution in [0.15, 0.2) is 54.3 Å². The summed E-state index contributed by atoms with van der Waals surface area (Å²) in [6, 6.07) is 10.1. The third-order valence-electron chi connectivity index (χ3n) is 3.73. The van der Waals surface area contributed by atoms with Crippen molar-refractivity contribution in [1.29, 1.82) is 0 Å². The Labute approximate surface area is 157 Å². The standard InChI is InChI=1S/C21H20O6/c1-21(2)26-18-10-8-15(12-20(18)27-21)25-16(13-22)6-4-5-14-7-9-17(23)19(11-14)24-3/h4-13,23H,1-3H3/b5-4+,16-6+. The van der Waals surface area contributed by atoms with E-state index in [2.05, 4.69) is 0 Å². The zero-order chi connectivity index (χ0) is 19.4. The minimum atomic E-state index is -0.724. The molecule has 140 valence electrons. The molecule has 0 aliphatic carbocycles. The number of rotatable bonds is 6. The monoisotopic (exact) mass is 368 g/mol. The van der Waals surface area contributed by atoms with E-state index in [-0.39, 0.29) is 11.5 Å². The first kappa shape index (κ1) is 18.4. The van der Waals surface area contributed by atoms with Gasteiger partial charge in [-0.3, -0.25) is 4.79 Å². The smallest absolute Gasteiger partial charge is 0.246 e. The van der Waals surface area contributed by atoms with E-state index in [1.807, 2.05) is 13.8 Å². The van der Waals surface area contributed by atoms with Crippen LogP contribution in [0.25, 0.3) is 6.08 Å². The van der Waals surface area contributed by atoms with Crippen LogP contribution < -0.4 is 18.9 Å². The molecule has 0 amide bonds. The summed E-state index contributed by atoms with van der Waals surface area (Å²) >= 11 is 0. The second-order valence-corrected chi connectivity index (χ2v) is 6.29. The molecule has 0 saturated carbocycles. The van der Waals surface area contributed by atoms with Gasteiger partial charge in [-0.25, -0.2) is 0 Å². The number of carbonyl (C=O) groups excluding carboxylic acids is 1. The summed E-state index contributed by atoms with van der Waals surface area (Å²) in [5, 5.41) is 9.60. The molecular weight excluding hydrogens is 348 g/mol. The lowest BCUT2D eigenvalue weighted by Gasteiger charge is -2.16. The first-order valence-corrected chi connectivity index (χ1v) is 8.31. The number of benzene rings is 2. The molecule has 0 fully saturated rings. The molecule has 27 heavy (non-hydrogen) atoms. The van der Waals surface area contributed by atoms with Crippen molar-refractivity contribution in [3.05, 3.63) is 59.9 Å². The van der Waals surface area contributed by atoms with Crippen LogP contribution >= 0.6 is 0 Å². The highest BCUT2D eigenvalue weighted by Crippen LogP contribution is 2.41. The van der Waals surface area contributed by atoms with Crippen LogP contribution in [0, 0.1) is 0 Å². The number of carbonyl (C=O) groups is 1. The summed E-state index contributed by atoms with van der Waals surface area (Å²) in [7, 11) is 1.48. The zero-order valence-corrected chi connectivity index (χ0v) is 15.3. The number of allylic oxidation sites excluding steroid dienone is 3. The second kappa shape index (κ2) is 7.45. The van der Waals surface area contributed by atoms with E-state index in [1.165, 1.54) is 13.2 Å². The van der Waals surface area contributed by atoms with E-state index in [1.54, 1.807) is 48.6 Å². The molecule has 1 N–H and O–H groups in total. The Morgan fingerprint density at radius 2 is 1.89 bits per heavy atom. The number of phenolic OH excluding ortho intramolecular Hbond substituents is 1. The maximum absolute atomic E-state index is 11.3. The fraction of sp³-hybridized carbons (Fsp3) is 0.190. The topological polar surface area (TPSA) is 74.2 Å². The predicted octanol–water partition coefficient (Wildman–Crippen LogP) is 4.08. The van der Waals surface area contributed by atoms with Gasteiger partial charge in [0, 0.05) is 19.9 Å². The zero-order valence-electron chi connectivity index (χ0n) is 15.3. The summed E-state index contributed by atoms with van der Waals surface area (Å²) in [6.07, 6.45) is 5.60. The Hall–Kier alpha value is -3.41. The van der Waals surface area contributed by atoms with Gasteiger partial charge in [0.05, 0.1) is 7.11 Å². The molecule has 1 aliphatic heterocycles. The highest BCUT2D eigenvalue weighted by Gasteiger charge is 2.31. The van der Waals surface area contributed by atoms with Crippen LogP contribution in [0.3, 0.4) is 0 Å². The quantitative estimate of drug-likeness (QED) is 0.358. The summed E-state index contributed by atoms with van der Waals surface area (Å²) < 4.78 is 21.9. The largest absolute Gasteiger partial charge is 0.504 e. The Morgan fingerprint density at radius 1 is 1.11 bits per heavy atom. The molecule has 0 saturated heterocycles. The SMILES string of the molecule is COc1cc(/C=C/C=C(\C=O)Oc2ccc3c(c2)OC(C)(C)O3)ccc1O. The maximum atomic E-state index is 11.3. The molecule has 3 rings (SSSR count). The third-order valence-corrected chi connectivity index (χ3v) is 3.73. The molecule has 6 heteroatoms. The molecule has 0 radical (unpaired) electrons. The number of fused-ring (bicyclic) bond motifs is 1. The normalized spacial score (nSPS) is 15.0. The number of methoxy groups -OCH3 is 1. The molecule has 0 atom stereocenters. The van der Waals surface area contributed by atoms with E-state index in [9.17, 15) is 9.90 Å². The Morgan fingerprint density at radius 3 is 2.63 bits per heavy atom. The van der Waals surface area contributed by atoms with Gasteiger partial charge in [0.25, 0.3) is 0 Å². The molecule has 0 aromatic heterocycles. The van der Waals surface area contributed by atoms with Crippen LogP contribution in [0.1, 0.15) is 19.4 Å². The average Bonchev–Trinajstić information content (AvgIpc) is 2.95. The minimum Gasteiger partial charge on any atom is -0.504 e. The van der Waals surface area contributed by atoms with Crippen LogP contribution in [0.5, 0.6) is 28.7 Å². The van der Waals surface area contributed by atoms with Gasteiger partial charge in [0.2, 0.25) is 5.79 Å². The highest BCUT2D eigenvalue weighted by atomic mass is 16.7. The number of hydrogen-bond donors (Lipinski definition) is 1. The average molecular weight is 368 g/mol. The fourth-order valence-corrected chi connectivity index (χ4v) is 2.55. The van der Waals surface area contributed by atoms with Gasteiger partial charge in [-0.05, 0) is 35.9 Å². The number of hydrogen-bond acceptors (Lipinski definition) is 6. The van der Waals surface area contributed by atoms with E-state index >= 15 is 0 Å². The summed E-state index contributed by atoms with van der Waals surface area (Å²) in [5.41, 5.74) is 0.802. The Bertz CT molecular complexity index is 911. The highest BCUT2D eigenvalue weighted by molar-refractivity contribution is 5.72. The molecular formula is C21H20O6. The molecule has 0 unspecified atom stereocenters. The van der Waals surface area contributed by atoms with Gasteiger partial charge in [-0.1, -0.05) is 18.2 Å². The van der Waals surface area contributed by atoms with Crippen LogP contribution in [0.4, 0.5) is 0 Å². The van der Waals surface area contributed by atoms with E-state index in [0.29, 0.717) is 29.3 Å². The van der Waals surface area contributed by atoms with Gasteiger partial charge in [-0.15, -0.1) is 0 Å². The summed E-state index contributed by atoms with van der Waals surface area (Å²) in [4.78, 5) is 11.3. The van der Waals surface area contributed by atoms with Gasteiger partial charge < -0.3 is 24.1 Å². The molecule has 6 nitrogen and oxygen atoms in total. The lowest BCUT2D eigenvalue weighted by atomic mass is 10.2. The lowest BCUT2D eigenvalue weighted by molar-refractivity contribution is -0.106. The number of aldehydes is 1. The van der Waals surface area contributed by atoms with Crippen molar-refractivity contribution in [2.75, 3.05) is 7.11 Å². The number of aromatic hydroxyl groups is 1. The van der Waals surface area contributed by atoms with Crippen molar-refractivity contribution in [3.63, 3.8) is 0 Å². The Kier molecular flexibility index (Phi) is 5.07. The number of ether oxygens (including phenoxy) is 4. The maximum Gasteiger partial charge on any atom is 0.246 e. The summed E-state index contributed by atoms with van der Waals surface area (Å²) in [5.74, 6) is 1.50. The van der Waals surface area contributed by atoms with E-state index < -0.39 is 5.79 Å². The first-order chi connectivity index (χ1) is 12.9. The molecule has 1 heterocycles. The molecule has 0 bridgehead atoms. The van der Waals surface area contributed by atoms with Crippen molar-refractivity contribution in [2.24, 2.45) is 0 Å². The van der Waals surface area contributed by atoms with Crippen molar-refractivity contribution in [1.82, 2.24) is 0 Å². The lowest BCUT2D eigenvalue weighted by Crippen LogP contribution is -2.29. The number of phenols is 1. The minimum absolute atomic E-state index is 0.0630. The van der Waals surface area contributed by atoms with Gasteiger partial charge in [0.1, 0.15) is 5.75 Å². The van der Waals surface area contributed by atoms with Crippen LogP contribution in [-0.4, -0.2) is 24.3 Å². The van der Waals surface area contributed by atoms with Crippen LogP contribution in [0.2, 0.25) is 0 Å². The van der Waals surface area contributed by atoms with Crippen molar-refractivity contribution in [2.45, 2.75) is 19.6 Å². The molecule has 0 spiro atoms. The van der Waals surface area contributed by atoms with Crippen molar-refractivity contribution < 1.29 is 28.8 Å². The van der Waals surface area contributed by atoms with Crippen molar-refractivity contribution >= 4 is 12.4 Å². The first-order valence-electron chi connectivity index (χ1n) is 8.31. The third kappa shape index (κ3) is 4.41. The van der Waals surface area contributed by atoms with E-state index in [0.717, 1.165) is 5.56 Å². The van der Waals surface area contributed by atoms with Crippen LogP contribution in [-0.2, 0) is 4.79 Å². The summed E-state index contributed by atoms with van der Waals surface area (Å²) in [6.45, 7) is 3.63. The predicted molar refractivity (Wildman–Crippen MR) is 100 cm³/mol. The second-order valence-electron chi connectivity index (χ2n) is 6.29. The van der Waals surface area contributed by atoms with Gasteiger partial charge in [0.15, 0.2) is 35.0 Å². The van der Waals surface area contributed by atoms with Gasteiger partial charge in [-0.2, -0.15) is 0 Å². The van der Waals surface area contributed by atoms with Gasteiger partial charge >= 0.3 is 0 Å². The fourth-order valence-electron chi connectivity index (χ4n) is 2.55. The molecule has 2 aromatic carbocycles. The van der Waals surface area contributed by atoms with Crippen molar-refractivity contribution in [3.8, 4) is 28.7 Å². The molecule has 1 aliphatic rings. The molecule has 2 aromatic rings. The Balaban J connectivity index is 1.72.